The van der Waals surface area contributed by atoms with E-state index >= 15 is 0 Å². The number of nitrogens with one attached hydrogen (secondary N) is 3. The van der Waals surface area contributed by atoms with Gasteiger partial charge in [-0.05, 0) is 32.4 Å². The summed E-state index contributed by atoms with van der Waals surface area (Å²) in [5, 5.41) is 17.3. The van der Waals surface area contributed by atoms with E-state index in [2.05, 4.69) is 16.0 Å². The average molecular weight is 294 g/mol. The standard InChI is InChI=1S/C14H22N4O3/c1-21-8-2-5-17-14(20)12(9-15)10-18-13(19)11-3-6-16-7-4-11/h10-11,16H,2-8H2,1H3,(H,17,20)(H,18,19)/b12-10-. The molecule has 0 aromatic carbocycles. The first-order chi connectivity index (χ1) is 10.2. The SMILES string of the molecule is COCCCNC(=O)/C(C#N)=C\NC(=O)C1CCNCC1. The quantitative estimate of drug-likeness (QED) is 0.339. The Morgan fingerprint density at radius 3 is 2.76 bits per heavy atom. The van der Waals surface area contributed by atoms with Crippen LogP contribution in [0.3, 0.4) is 0 Å². The molecule has 0 atom stereocenters. The van der Waals surface area contributed by atoms with Gasteiger partial charge in [0.15, 0.2) is 0 Å². The van der Waals surface area contributed by atoms with E-state index in [0.717, 1.165) is 25.9 Å². The highest BCUT2D eigenvalue weighted by molar-refractivity contribution is 5.97. The number of piperidine rings is 1. The van der Waals surface area contributed by atoms with Crippen LogP contribution in [0.5, 0.6) is 0 Å². The molecular weight excluding hydrogens is 272 g/mol. The second kappa shape index (κ2) is 9.91. The third-order valence-corrected chi connectivity index (χ3v) is 3.24. The number of nitrogens with zero attached hydrogens (tertiary/aromatic N) is 1. The molecule has 1 heterocycles. The number of nitriles is 1. The van der Waals surface area contributed by atoms with Crippen molar-refractivity contribution in [2.75, 3.05) is 33.4 Å². The highest BCUT2D eigenvalue weighted by Crippen LogP contribution is 2.11. The van der Waals surface area contributed by atoms with Gasteiger partial charge in [0.1, 0.15) is 11.6 Å². The van der Waals surface area contributed by atoms with E-state index in [1.54, 1.807) is 13.2 Å². The summed E-state index contributed by atoms with van der Waals surface area (Å²) in [5.41, 5.74) is -0.102. The summed E-state index contributed by atoms with van der Waals surface area (Å²) in [5.74, 6) is -0.692. The molecule has 3 N–H and O–H groups in total. The van der Waals surface area contributed by atoms with E-state index in [4.69, 9.17) is 10.00 Å². The molecule has 116 valence electrons. The van der Waals surface area contributed by atoms with Crippen molar-refractivity contribution < 1.29 is 14.3 Å². The predicted octanol–water partition coefficient (Wildman–Crippen LogP) is -0.338. The van der Waals surface area contributed by atoms with Crippen molar-refractivity contribution in [3.8, 4) is 6.07 Å². The number of carbonyl (C=O) groups excluding carboxylic acids is 2. The Balaban J connectivity index is 2.41. The number of methoxy groups -OCH3 is 1. The fourth-order valence-electron chi connectivity index (χ4n) is 2.01. The molecule has 0 bridgehead atoms. The van der Waals surface area contributed by atoms with Crippen LogP contribution in [0.1, 0.15) is 19.3 Å². The van der Waals surface area contributed by atoms with E-state index in [-0.39, 0.29) is 17.4 Å². The molecule has 0 aliphatic carbocycles. The Hall–Kier alpha value is -1.91. The van der Waals surface area contributed by atoms with Crippen LogP contribution < -0.4 is 16.0 Å². The zero-order valence-corrected chi connectivity index (χ0v) is 12.3. The van der Waals surface area contributed by atoms with Gasteiger partial charge < -0.3 is 20.7 Å². The largest absolute Gasteiger partial charge is 0.385 e. The number of ether oxygens (including phenoxy) is 1. The molecule has 0 saturated carbocycles. The van der Waals surface area contributed by atoms with Crippen LogP contribution in [0.15, 0.2) is 11.8 Å². The monoisotopic (exact) mass is 294 g/mol. The minimum Gasteiger partial charge on any atom is -0.385 e. The van der Waals surface area contributed by atoms with E-state index in [0.29, 0.717) is 19.6 Å². The first-order valence-corrected chi connectivity index (χ1v) is 7.07. The Labute approximate surface area is 124 Å². The number of carbonyl (C=O) groups is 2. The van der Waals surface area contributed by atoms with Gasteiger partial charge in [-0.15, -0.1) is 0 Å². The van der Waals surface area contributed by atoms with E-state index < -0.39 is 5.91 Å². The lowest BCUT2D eigenvalue weighted by atomic mass is 9.97. The van der Waals surface area contributed by atoms with Crippen LogP contribution in [-0.4, -0.2) is 45.2 Å². The van der Waals surface area contributed by atoms with Crippen molar-refractivity contribution in [1.29, 1.82) is 5.26 Å². The molecule has 0 unspecified atom stereocenters. The van der Waals surface area contributed by atoms with Gasteiger partial charge in [0, 0.05) is 32.4 Å². The maximum absolute atomic E-state index is 11.9. The second-order valence-corrected chi connectivity index (χ2v) is 4.80. The number of hydrogen-bond acceptors (Lipinski definition) is 5. The second-order valence-electron chi connectivity index (χ2n) is 4.80. The summed E-state index contributed by atoms with van der Waals surface area (Å²) >= 11 is 0. The smallest absolute Gasteiger partial charge is 0.263 e. The molecule has 0 radical (unpaired) electrons. The Kier molecular flexibility index (Phi) is 8.09. The molecule has 7 heteroatoms. The van der Waals surface area contributed by atoms with Crippen LogP contribution in [0.2, 0.25) is 0 Å². The van der Waals surface area contributed by atoms with Gasteiger partial charge in [-0.3, -0.25) is 9.59 Å². The molecule has 1 aliphatic rings. The van der Waals surface area contributed by atoms with Crippen LogP contribution >= 0.6 is 0 Å². The third kappa shape index (κ3) is 6.38. The third-order valence-electron chi connectivity index (χ3n) is 3.24. The molecular formula is C14H22N4O3. The van der Waals surface area contributed by atoms with Crippen LogP contribution in [-0.2, 0) is 14.3 Å². The molecule has 2 amide bonds. The minimum absolute atomic E-state index is 0.0628. The lowest BCUT2D eigenvalue weighted by Gasteiger charge is -2.20. The lowest BCUT2D eigenvalue weighted by molar-refractivity contribution is -0.124. The maximum Gasteiger partial charge on any atom is 0.263 e. The highest BCUT2D eigenvalue weighted by Gasteiger charge is 2.20. The Morgan fingerprint density at radius 2 is 2.14 bits per heavy atom. The van der Waals surface area contributed by atoms with Gasteiger partial charge in [0.25, 0.3) is 5.91 Å². The topological polar surface area (TPSA) is 103 Å². The number of rotatable bonds is 7. The van der Waals surface area contributed by atoms with Crippen molar-refractivity contribution in [2.24, 2.45) is 5.92 Å². The fraction of sp³-hybridized carbons (Fsp3) is 0.643. The van der Waals surface area contributed by atoms with Crippen LogP contribution in [0.4, 0.5) is 0 Å². The summed E-state index contributed by atoms with van der Waals surface area (Å²) in [7, 11) is 1.58. The number of amides is 2. The molecule has 1 aliphatic heterocycles. The summed E-state index contributed by atoms with van der Waals surface area (Å²) < 4.78 is 4.86. The normalized spacial score (nSPS) is 16.1. The molecule has 1 rings (SSSR count). The minimum atomic E-state index is -0.487. The van der Waals surface area contributed by atoms with E-state index in [9.17, 15) is 9.59 Å². The zero-order chi connectivity index (χ0) is 15.5. The Bertz CT molecular complexity index is 422. The van der Waals surface area contributed by atoms with Crippen molar-refractivity contribution in [1.82, 2.24) is 16.0 Å². The molecule has 0 spiro atoms. The lowest BCUT2D eigenvalue weighted by Crippen LogP contribution is -2.37. The summed E-state index contributed by atoms with van der Waals surface area (Å²) in [6.07, 6.45) is 3.40. The Morgan fingerprint density at radius 1 is 1.43 bits per heavy atom. The number of hydrogen-bond donors (Lipinski definition) is 3. The highest BCUT2D eigenvalue weighted by atomic mass is 16.5. The zero-order valence-electron chi connectivity index (χ0n) is 12.3. The van der Waals surface area contributed by atoms with Gasteiger partial charge in [0.2, 0.25) is 5.91 Å². The molecule has 21 heavy (non-hydrogen) atoms. The molecule has 0 aromatic rings. The van der Waals surface area contributed by atoms with Gasteiger partial charge in [-0.2, -0.15) is 5.26 Å². The molecule has 1 fully saturated rings. The average Bonchev–Trinajstić information content (AvgIpc) is 2.52. The predicted molar refractivity (Wildman–Crippen MR) is 76.9 cm³/mol. The molecule has 0 aromatic heterocycles. The molecule has 1 saturated heterocycles. The maximum atomic E-state index is 11.9. The van der Waals surface area contributed by atoms with Crippen LogP contribution in [0.25, 0.3) is 0 Å². The summed E-state index contributed by atoms with van der Waals surface area (Å²) in [4.78, 5) is 23.6. The van der Waals surface area contributed by atoms with Crippen molar-refractivity contribution >= 4 is 11.8 Å². The van der Waals surface area contributed by atoms with Gasteiger partial charge in [-0.1, -0.05) is 0 Å². The van der Waals surface area contributed by atoms with Crippen LogP contribution in [0, 0.1) is 17.2 Å². The van der Waals surface area contributed by atoms with Crippen molar-refractivity contribution in [3.63, 3.8) is 0 Å². The van der Waals surface area contributed by atoms with Crippen molar-refractivity contribution in [2.45, 2.75) is 19.3 Å². The van der Waals surface area contributed by atoms with Gasteiger partial charge in [-0.25, -0.2) is 0 Å². The van der Waals surface area contributed by atoms with Crippen molar-refractivity contribution in [3.05, 3.63) is 11.8 Å². The first-order valence-electron chi connectivity index (χ1n) is 7.07. The summed E-state index contributed by atoms with van der Waals surface area (Å²) in [6.45, 7) is 2.59. The van der Waals surface area contributed by atoms with E-state index in [1.165, 1.54) is 6.20 Å². The van der Waals surface area contributed by atoms with Gasteiger partial charge >= 0.3 is 0 Å². The molecule has 7 nitrogen and oxygen atoms in total. The fourth-order valence-corrected chi connectivity index (χ4v) is 2.01. The van der Waals surface area contributed by atoms with Gasteiger partial charge in [0.05, 0.1) is 0 Å². The first kappa shape index (κ1) is 17.1. The van der Waals surface area contributed by atoms with E-state index in [1.807, 2.05) is 0 Å². The summed E-state index contributed by atoms with van der Waals surface area (Å²) in [6, 6.07) is 1.79.